The average Bonchev–Trinajstić information content (AvgIpc) is 3.45. The van der Waals surface area contributed by atoms with Gasteiger partial charge in [0.25, 0.3) is 0 Å². The number of fused-ring (bicyclic) bond motifs is 3. The number of aromatic nitrogens is 6. The van der Waals surface area contributed by atoms with E-state index in [1.54, 1.807) is 30.7 Å². The van der Waals surface area contributed by atoms with Gasteiger partial charge in [-0.1, -0.05) is 19.6 Å². The molecule has 1 aliphatic rings. The number of nitrogens with one attached hydrogen (secondary N) is 1. The van der Waals surface area contributed by atoms with E-state index in [9.17, 15) is 4.79 Å². The fourth-order valence-corrected chi connectivity index (χ4v) is 4.92. The molecule has 36 heavy (non-hydrogen) atoms. The molecule has 190 valence electrons. The zero-order valence-corrected chi connectivity index (χ0v) is 22.2. The summed E-state index contributed by atoms with van der Waals surface area (Å²) in [4.78, 5) is 30.6. The zero-order chi connectivity index (χ0) is 25.3. The smallest absolute Gasteiger partial charge is 0.338 e. The van der Waals surface area contributed by atoms with E-state index < -0.39 is 8.07 Å². The summed E-state index contributed by atoms with van der Waals surface area (Å²) in [7, 11) is -1.26. The highest BCUT2D eigenvalue weighted by molar-refractivity contribution is 6.76. The average molecular weight is 509 g/mol. The largest absolute Gasteiger partial charge is 0.491 e. The van der Waals surface area contributed by atoms with Crippen LogP contribution in [0.4, 0.5) is 0 Å². The molecule has 1 atom stereocenters. The van der Waals surface area contributed by atoms with Crippen molar-refractivity contribution in [1.82, 2.24) is 29.1 Å². The van der Waals surface area contributed by atoms with Gasteiger partial charge in [-0.05, 0) is 37.9 Å². The van der Waals surface area contributed by atoms with Gasteiger partial charge < -0.3 is 19.2 Å². The summed E-state index contributed by atoms with van der Waals surface area (Å²) in [6.07, 6.45) is 6.58. The quantitative estimate of drug-likeness (QED) is 0.307. The first-order valence-corrected chi connectivity index (χ1v) is 16.0. The zero-order valence-electron chi connectivity index (χ0n) is 21.2. The molecule has 10 nitrogen and oxygen atoms in total. The topological polar surface area (TPSA) is 109 Å². The van der Waals surface area contributed by atoms with Crippen molar-refractivity contribution >= 4 is 19.2 Å². The molecule has 4 aromatic heterocycles. The summed E-state index contributed by atoms with van der Waals surface area (Å²) in [5.74, 6) is 2.08. The van der Waals surface area contributed by atoms with E-state index in [1.165, 1.54) is 9.13 Å². The van der Waals surface area contributed by atoms with Gasteiger partial charge >= 0.3 is 5.69 Å². The summed E-state index contributed by atoms with van der Waals surface area (Å²) in [6.45, 7) is 10.1. The molecule has 0 aliphatic carbocycles. The predicted octanol–water partition coefficient (Wildman–Crippen LogP) is 4.22. The number of ether oxygens (including phenoxy) is 3. The highest BCUT2D eigenvalue weighted by Crippen LogP contribution is 2.31. The van der Waals surface area contributed by atoms with Gasteiger partial charge in [-0.3, -0.25) is 4.57 Å². The number of hydrogen-bond donors (Lipinski definition) is 1. The Morgan fingerprint density at radius 2 is 2.06 bits per heavy atom. The Bertz CT molecular complexity index is 1410. The monoisotopic (exact) mass is 508 g/mol. The maximum Gasteiger partial charge on any atom is 0.338 e. The molecule has 0 radical (unpaired) electrons. The molecule has 0 spiro atoms. The Hall–Kier alpha value is -3.44. The predicted molar refractivity (Wildman–Crippen MR) is 140 cm³/mol. The highest BCUT2D eigenvalue weighted by Gasteiger charge is 2.24. The second-order valence-corrected chi connectivity index (χ2v) is 15.9. The van der Waals surface area contributed by atoms with Gasteiger partial charge in [-0.2, -0.15) is 4.98 Å². The van der Waals surface area contributed by atoms with Crippen molar-refractivity contribution < 1.29 is 14.2 Å². The van der Waals surface area contributed by atoms with Crippen molar-refractivity contribution in [2.45, 2.75) is 58.3 Å². The third kappa shape index (κ3) is 4.93. The van der Waals surface area contributed by atoms with Crippen molar-refractivity contribution in [3.63, 3.8) is 0 Å². The van der Waals surface area contributed by atoms with E-state index in [0.717, 1.165) is 24.4 Å². The van der Waals surface area contributed by atoms with Gasteiger partial charge in [0, 0.05) is 39.3 Å². The van der Waals surface area contributed by atoms with E-state index in [4.69, 9.17) is 19.2 Å². The van der Waals surface area contributed by atoms with Crippen LogP contribution in [0.2, 0.25) is 25.7 Å². The molecular weight excluding hydrogens is 476 g/mol. The second kappa shape index (κ2) is 9.90. The molecule has 0 saturated heterocycles. The minimum absolute atomic E-state index is 0.0949. The van der Waals surface area contributed by atoms with Crippen molar-refractivity contribution in [2.24, 2.45) is 0 Å². The number of hydrogen-bond acceptors (Lipinski definition) is 7. The van der Waals surface area contributed by atoms with Crippen molar-refractivity contribution in [3.05, 3.63) is 47.3 Å². The van der Waals surface area contributed by atoms with E-state index in [0.29, 0.717) is 47.6 Å². The SMILES string of the molecule is CC1CCCOc2ccnc3c2n(c(=O)n3COCC[Si](C)(C)C)-c2ccc(-c3ncc[nH]3)c(n2)O1. The van der Waals surface area contributed by atoms with Crippen LogP contribution < -0.4 is 15.2 Å². The molecule has 5 rings (SSSR count). The van der Waals surface area contributed by atoms with E-state index in [-0.39, 0.29) is 18.5 Å². The molecule has 11 heteroatoms. The van der Waals surface area contributed by atoms with E-state index in [1.807, 2.05) is 13.0 Å². The molecule has 1 N–H and O–H groups in total. The lowest BCUT2D eigenvalue weighted by Crippen LogP contribution is -2.27. The maximum absolute atomic E-state index is 13.8. The van der Waals surface area contributed by atoms with Crippen LogP contribution in [0.5, 0.6) is 11.6 Å². The second-order valence-electron chi connectivity index (χ2n) is 10.3. The van der Waals surface area contributed by atoms with Crippen molar-refractivity contribution in [1.29, 1.82) is 0 Å². The Labute approximate surface area is 210 Å². The molecule has 2 bridgehead atoms. The van der Waals surface area contributed by atoms with Gasteiger partial charge in [0.2, 0.25) is 5.88 Å². The third-order valence-corrected chi connectivity index (χ3v) is 7.84. The van der Waals surface area contributed by atoms with Crippen LogP contribution in [0.3, 0.4) is 0 Å². The molecule has 0 amide bonds. The van der Waals surface area contributed by atoms with Crippen LogP contribution in [0.1, 0.15) is 19.8 Å². The first-order chi connectivity index (χ1) is 17.3. The van der Waals surface area contributed by atoms with Crippen LogP contribution in [-0.4, -0.2) is 56.5 Å². The Morgan fingerprint density at radius 1 is 1.19 bits per heavy atom. The number of pyridine rings is 2. The lowest BCUT2D eigenvalue weighted by Gasteiger charge is -2.18. The molecule has 0 aromatic carbocycles. The lowest BCUT2D eigenvalue weighted by molar-refractivity contribution is 0.0871. The van der Waals surface area contributed by atoms with Crippen LogP contribution in [0.15, 0.2) is 41.6 Å². The van der Waals surface area contributed by atoms with Crippen LogP contribution in [0.25, 0.3) is 28.4 Å². The highest BCUT2D eigenvalue weighted by atomic mass is 28.3. The number of imidazole rings is 2. The number of aromatic amines is 1. The Morgan fingerprint density at radius 3 is 2.83 bits per heavy atom. The first kappa shape index (κ1) is 24.3. The fraction of sp³-hybridized carbons (Fsp3) is 0.440. The van der Waals surface area contributed by atoms with Crippen molar-refractivity contribution in [3.8, 4) is 28.8 Å². The number of rotatable bonds is 6. The number of H-pyrrole nitrogens is 1. The van der Waals surface area contributed by atoms with Gasteiger partial charge in [-0.15, -0.1) is 0 Å². The summed E-state index contributed by atoms with van der Waals surface area (Å²) >= 11 is 0. The normalized spacial score (nSPS) is 16.2. The number of nitrogens with zero attached hydrogens (tertiary/aromatic N) is 5. The van der Waals surface area contributed by atoms with Crippen LogP contribution in [-0.2, 0) is 11.5 Å². The van der Waals surface area contributed by atoms with Gasteiger partial charge in [0.15, 0.2) is 5.65 Å². The maximum atomic E-state index is 13.8. The lowest BCUT2D eigenvalue weighted by atomic mass is 10.2. The third-order valence-electron chi connectivity index (χ3n) is 6.14. The molecule has 5 heterocycles. The molecule has 0 fully saturated rings. The summed E-state index contributed by atoms with van der Waals surface area (Å²) < 4.78 is 21.4. The summed E-state index contributed by atoms with van der Waals surface area (Å²) in [6, 6.07) is 6.45. The van der Waals surface area contributed by atoms with Gasteiger partial charge in [-0.25, -0.2) is 19.3 Å². The van der Waals surface area contributed by atoms with Gasteiger partial charge in [0.1, 0.15) is 29.6 Å². The fourth-order valence-electron chi connectivity index (χ4n) is 4.16. The van der Waals surface area contributed by atoms with E-state index in [2.05, 4.69) is 34.6 Å². The minimum Gasteiger partial charge on any atom is -0.491 e. The molecule has 0 saturated carbocycles. The van der Waals surface area contributed by atoms with Crippen molar-refractivity contribution in [2.75, 3.05) is 13.2 Å². The first-order valence-electron chi connectivity index (χ1n) is 12.3. The Balaban J connectivity index is 1.64. The standard InChI is InChI=1S/C25H32N6O4Si/c1-17-6-5-13-34-19-9-10-28-23-21(19)31(25(32)30(23)16-33-14-15-36(2,3)4)20-8-7-18(24(29-20)35-17)22-26-11-12-27-22/h7-12,17H,5-6,13-16H2,1-4H3,(H,26,27). The molecular formula is C25H32N6O4Si. The molecule has 1 aliphatic heterocycles. The molecule has 1 unspecified atom stereocenters. The Kier molecular flexibility index (Phi) is 6.67. The summed E-state index contributed by atoms with van der Waals surface area (Å²) in [5.41, 5.74) is 1.49. The van der Waals surface area contributed by atoms with Crippen LogP contribution >= 0.6 is 0 Å². The van der Waals surface area contributed by atoms with Gasteiger partial charge in [0.05, 0.1) is 18.3 Å². The minimum atomic E-state index is -1.26. The van der Waals surface area contributed by atoms with E-state index >= 15 is 0 Å². The molecule has 4 aromatic rings. The van der Waals surface area contributed by atoms with Crippen LogP contribution in [0, 0.1) is 0 Å². The summed E-state index contributed by atoms with van der Waals surface area (Å²) in [5, 5.41) is 0.